The molecular weight excluding hydrogens is 273 g/mol. The van der Waals surface area contributed by atoms with Gasteiger partial charge in [-0.25, -0.2) is 9.18 Å². The van der Waals surface area contributed by atoms with E-state index in [1.807, 2.05) is 31.2 Å². The minimum absolute atomic E-state index is 0.171. The van der Waals surface area contributed by atoms with Crippen molar-refractivity contribution in [1.29, 1.82) is 0 Å². The number of anilines is 1. The van der Waals surface area contributed by atoms with E-state index in [0.717, 1.165) is 17.4 Å². The first-order valence-electron chi connectivity index (χ1n) is 6.45. The number of ether oxygens (including phenoxy) is 1. The summed E-state index contributed by atoms with van der Waals surface area (Å²) in [5.74, 6) is -1.31. The monoisotopic (exact) mass is 289 g/mol. The summed E-state index contributed by atoms with van der Waals surface area (Å²) < 4.78 is 18.7. The Hall–Kier alpha value is -2.56. The molecule has 0 spiro atoms. The first-order chi connectivity index (χ1) is 10.0. The maximum Gasteiger partial charge on any atom is 0.340 e. The van der Waals surface area contributed by atoms with Crippen LogP contribution in [0.3, 0.4) is 0 Å². The fraction of sp³-hybridized carbons (Fsp3) is 0.188. The Bertz CT molecular complexity index is 640. The minimum Gasteiger partial charge on any atom is -0.497 e. The summed E-state index contributed by atoms with van der Waals surface area (Å²) in [5.41, 5.74) is 0.847. The van der Waals surface area contributed by atoms with Crippen molar-refractivity contribution in [1.82, 2.24) is 0 Å². The lowest BCUT2D eigenvalue weighted by Crippen LogP contribution is -2.12. The number of aromatic carboxylic acids is 1. The molecule has 2 N–H and O–H groups in total. The zero-order valence-electron chi connectivity index (χ0n) is 11.8. The van der Waals surface area contributed by atoms with E-state index in [0.29, 0.717) is 0 Å². The molecule has 5 heteroatoms. The fourth-order valence-electron chi connectivity index (χ4n) is 2.07. The number of rotatable bonds is 5. The van der Waals surface area contributed by atoms with Crippen molar-refractivity contribution in [2.75, 3.05) is 12.4 Å². The van der Waals surface area contributed by atoms with Gasteiger partial charge in [0, 0.05) is 6.04 Å². The predicted molar refractivity (Wildman–Crippen MR) is 78.4 cm³/mol. The van der Waals surface area contributed by atoms with Gasteiger partial charge >= 0.3 is 5.97 Å². The number of carbonyl (C=O) groups is 1. The molecule has 0 aliphatic carbocycles. The smallest absolute Gasteiger partial charge is 0.340 e. The number of benzene rings is 2. The Kier molecular flexibility index (Phi) is 4.42. The number of halogens is 1. The van der Waals surface area contributed by atoms with E-state index in [2.05, 4.69) is 5.32 Å². The van der Waals surface area contributed by atoms with Crippen LogP contribution in [0.4, 0.5) is 10.1 Å². The zero-order valence-corrected chi connectivity index (χ0v) is 11.8. The Morgan fingerprint density at radius 2 is 1.90 bits per heavy atom. The van der Waals surface area contributed by atoms with Gasteiger partial charge in [0.1, 0.15) is 17.1 Å². The molecule has 2 rings (SSSR count). The van der Waals surface area contributed by atoms with E-state index in [-0.39, 0.29) is 17.3 Å². The maximum absolute atomic E-state index is 13.6. The van der Waals surface area contributed by atoms with Crippen LogP contribution < -0.4 is 10.1 Å². The summed E-state index contributed by atoms with van der Waals surface area (Å²) in [6.45, 7) is 1.87. The number of hydrogen-bond acceptors (Lipinski definition) is 3. The predicted octanol–water partition coefficient (Wildman–Crippen LogP) is 3.71. The summed E-state index contributed by atoms with van der Waals surface area (Å²) in [6, 6.07) is 11.4. The van der Waals surface area contributed by atoms with Crippen LogP contribution in [0, 0.1) is 5.82 Å². The molecule has 4 nitrogen and oxygen atoms in total. The highest BCUT2D eigenvalue weighted by atomic mass is 19.1. The van der Waals surface area contributed by atoms with E-state index in [4.69, 9.17) is 9.84 Å². The molecule has 0 radical (unpaired) electrons. The van der Waals surface area contributed by atoms with Crippen LogP contribution in [0.15, 0.2) is 42.5 Å². The van der Waals surface area contributed by atoms with Crippen molar-refractivity contribution in [3.8, 4) is 5.75 Å². The van der Waals surface area contributed by atoms with Gasteiger partial charge in [-0.3, -0.25) is 0 Å². The Balaban J connectivity index is 2.24. The van der Waals surface area contributed by atoms with Gasteiger partial charge in [0.25, 0.3) is 0 Å². The SMILES string of the molecule is COc1ccc(C(C)Nc2cccc(F)c2C(=O)O)cc1. The highest BCUT2D eigenvalue weighted by molar-refractivity contribution is 5.94. The second kappa shape index (κ2) is 6.26. The molecule has 1 unspecified atom stereocenters. The molecule has 0 saturated carbocycles. The van der Waals surface area contributed by atoms with Gasteiger partial charge < -0.3 is 15.2 Å². The summed E-state index contributed by atoms with van der Waals surface area (Å²) in [4.78, 5) is 11.1. The van der Waals surface area contributed by atoms with Crippen LogP contribution in [0.1, 0.15) is 28.9 Å². The lowest BCUT2D eigenvalue weighted by Gasteiger charge is -2.18. The van der Waals surface area contributed by atoms with Crippen molar-refractivity contribution in [3.05, 3.63) is 59.4 Å². The van der Waals surface area contributed by atoms with E-state index < -0.39 is 11.8 Å². The molecular formula is C16H16FNO3. The van der Waals surface area contributed by atoms with Crippen molar-refractivity contribution in [3.63, 3.8) is 0 Å². The summed E-state index contributed by atoms with van der Waals surface area (Å²) in [5, 5.41) is 12.1. The molecule has 0 aromatic heterocycles. The van der Waals surface area contributed by atoms with Gasteiger partial charge in [-0.1, -0.05) is 18.2 Å². The first kappa shape index (κ1) is 14.8. The second-order valence-corrected chi connectivity index (χ2v) is 4.61. The minimum atomic E-state index is -1.29. The molecule has 0 aliphatic rings. The Morgan fingerprint density at radius 1 is 1.24 bits per heavy atom. The van der Waals surface area contributed by atoms with E-state index in [1.165, 1.54) is 6.07 Å². The average molecular weight is 289 g/mol. The zero-order chi connectivity index (χ0) is 15.4. The largest absolute Gasteiger partial charge is 0.497 e. The second-order valence-electron chi connectivity index (χ2n) is 4.61. The van der Waals surface area contributed by atoms with Gasteiger partial charge in [0.15, 0.2) is 0 Å². The van der Waals surface area contributed by atoms with Gasteiger partial charge in [0.2, 0.25) is 0 Å². The van der Waals surface area contributed by atoms with Gasteiger partial charge in [0.05, 0.1) is 12.8 Å². The fourth-order valence-corrected chi connectivity index (χ4v) is 2.07. The standard InChI is InChI=1S/C16H16FNO3/c1-10(11-6-8-12(21-2)9-7-11)18-14-5-3-4-13(17)15(14)16(19)20/h3-10,18H,1-2H3,(H,19,20). The number of hydrogen-bond donors (Lipinski definition) is 2. The first-order valence-corrected chi connectivity index (χ1v) is 6.45. The third-order valence-corrected chi connectivity index (χ3v) is 3.22. The molecule has 21 heavy (non-hydrogen) atoms. The molecule has 110 valence electrons. The number of carboxylic acid groups (broad SMARTS) is 1. The highest BCUT2D eigenvalue weighted by Gasteiger charge is 2.17. The van der Waals surface area contributed by atoms with Crippen molar-refractivity contribution in [2.24, 2.45) is 0 Å². The quantitative estimate of drug-likeness (QED) is 0.881. The number of nitrogens with one attached hydrogen (secondary N) is 1. The van der Waals surface area contributed by atoms with E-state index in [9.17, 15) is 9.18 Å². The number of methoxy groups -OCH3 is 1. The van der Waals surface area contributed by atoms with E-state index in [1.54, 1.807) is 13.2 Å². The van der Waals surface area contributed by atoms with Crippen molar-refractivity contribution >= 4 is 11.7 Å². The molecule has 0 bridgehead atoms. The average Bonchev–Trinajstić information content (AvgIpc) is 2.47. The molecule has 0 amide bonds. The molecule has 0 heterocycles. The molecule has 2 aromatic rings. The van der Waals surface area contributed by atoms with Crippen LogP contribution in [0.2, 0.25) is 0 Å². The molecule has 2 aromatic carbocycles. The van der Waals surface area contributed by atoms with Crippen LogP contribution in [0.25, 0.3) is 0 Å². The Labute approximate surface area is 122 Å². The lowest BCUT2D eigenvalue weighted by molar-refractivity contribution is 0.0693. The Morgan fingerprint density at radius 3 is 2.48 bits per heavy atom. The van der Waals surface area contributed by atoms with Crippen LogP contribution in [-0.2, 0) is 0 Å². The third kappa shape index (κ3) is 3.31. The number of carboxylic acids is 1. The van der Waals surface area contributed by atoms with Gasteiger partial charge in [-0.15, -0.1) is 0 Å². The van der Waals surface area contributed by atoms with Crippen LogP contribution in [0.5, 0.6) is 5.75 Å². The highest BCUT2D eigenvalue weighted by Crippen LogP contribution is 2.25. The van der Waals surface area contributed by atoms with Crippen LogP contribution >= 0.6 is 0 Å². The normalized spacial score (nSPS) is 11.8. The van der Waals surface area contributed by atoms with Crippen LogP contribution in [-0.4, -0.2) is 18.2 Å². The van der Waals surface area contributed by atoms with E-state index >= 15 is 0 Å². The van der Waals surface area contributed by atoms with Gasteiger partial charge in [-0.05, 0) is 36.8 Å². The molecule has 0 saturated heterocycles. The van der Waals surface area contributed by atoms with Crippen molar-refractivity contribution in [2.45, 2.75) is 13.0 Å². The summed E-state index contributed by atoms with van der Waals surface area (Å²) >= 11 is 0. The topological polar surface area (TPSA) is 58.6 Å². The maximum atomic E-state index is 13.6. The van der Waals surface area contributed by atoms with Crippen molar-refractivity contribution < 1.29 is 19.0 Å². The summed E-state index contributed by atoms with van der Waals surface area (Å²) in [6.07, 6.45) is 0. The molecule has 1 atom stereocenters. The molecule has 0 aliphatic heterocycles. The van der Waals surface area contributed by atoms with Gasteiger partial charge in [-0.2, -0.15) is 0 Å². The third-order valence-electron chi connectivity index (χ3n) is 3.22. The molecule has 0 fully saturated rings. The summed E-state index contributed by atoms with van der Waals surface area (Å²) in [7, 11) is 1.59. The lowest BCUT2D eigenvalue weighted by atomic mass is 10.1.